The van der Waals surface area contributed by atoms with Gasteiger partial charge in [-0.3, -0.25) is 0 Å². The molecule has 0 saturated heterocycles. The highest BCUT2D eigenvalue weighted by Gasteiger charge is 2.36. The third-order valence-electron chi connectivity index (χ3n) is 6.08. The molecule has 0 aliphatic heterocycles. The number of aromatic hydroxyl groups is 2. The van der Waals surface area contributed by atoms with Gasteiger partial charge in [0.2, 0.25) is 5.79 Å². The molecular weight excluding hydrogens is 436 g/mol. The molecule has 35 heavy (non-hydrogen) atoms. The summed E-state index contributed by atoms with van der Waals surface area (Å²) in [6, 6.07) is 7.18. The van der Waals surface area contributed by atoms with Crippen LogP contribution in [0.15, 0.2) is 24.3 Å². The highest BCUT2D eigenvalue weighted by molar-refractivity contribution is 5.54. The molecular formula is C31H48O4. The first kappa shape index (κ1) is 28.9. The zero-order valence-electron chi connectivity index (χ0n) is 24.5. The number of rotatable bonds is 4. The Bertz CT molecular complexity index is 910. The molecule has 0 aromatic heterocycles. The molecule has 4 heteroatoms. The second-order valence-electron chi connectivity index (χ2n) is 14.3. The average molecular weight is 485 g/mol. The summed E-state index contributed by atoms with van der Waals surface area (Å²) >= 11 is 0. The Morgan fingerprint density at radius 1 is 0.429 bits per heavy atom. The first-order valence-electron chi connectivity index (χ1n) is 12.6. The number of hydrogen-bond acceptors (Lipinski definition) is 4. The summed E-state index contributed by atoms with van der Waals surface area (Å²) in [7, 11) is 0. The number of phenols is 2. The largest absolute Gasteiger partial charge is 0.508 e. The fourth-order valence-corrected chi connectivity index (χ4v) is 4.19. The van der Waals surface area contributed by atoms with Crippen molar-refractivity contribution in [2.45, 2.75) is 124 Å². The Kier molecular flexibility index (Phi) is 7.38. The summed E-state index contributed by atoms with van der Waals surface area (Å²) in [6.07, 6.45) is 0. The average Bonchev–Trinajstić information content (AvgIpc) is 2.60. The minimum Gasteiger partial charge on any atom is -0.508 e. The summed E-state index contributed by atoms with van der Waals surface area (Å²) in [5.41, 5.74) is 2.69. The van der Waals surface area contributed by atoms with Crippen LogP contribution in [-0.4, -0.2) is 16.0 Å². The molecule has 0 amide bonds. The van der Waals surface area contributed by atoms with E-state index in [1.807, 2.05) is 13.8 Å². The van der Waals surface area contributed by atoms with E-state index in [1.54, 1.807) is 24.3 Å². The third kappa shape index (κ3) is 6.86. The van der Waals surface area contributed by atoms with Gasteiger partial charge < -0.3 is 19.7 Å². The van der Waals surface area contributed by atoms with Crippen LogP contribution < -0.4 is 9.47 Å². The van der Waals surface area contributed by atoms with E-state index < -0.39 is 5.79 Å². The highest BCUT2D eigenvalue weighted by Crippen LogP contribution is 2.46. The molecule has 0 spiro atoms. The predicted molar refractivity (Wildman–Crippen MR) is 146 cm³/mol. The maximum Gasteiger partial charge on any atom is 0.245 e. The summed E-state index contributed by atoms with van der Waals surface area (Å²) in [5.74, 6) is 0.903. The van der Waals surface area contributed by atoms with Gasteiger partial charge in [0, 0.05) is 36.1 Å². The van der Waals surface area contributed by atoms with Gasteiger partial charge >= 0.3 is 0 Å². The second kappa shape index (κ2) is 8.94. The van der Waals surface area contributed by atoms with Crippen molar-refractivity contribution >= 4 is 0 Å². The molecule has 0 saturated carbocycles. The fourth-order valence-electron chi connectivity index (χ4n) is 4.19. The standard InChI is InChI=1S/C31H48O4/c1-27(2,3)21-15-19(32)16-22(28(4,5)6)25(21)34-31(13,14)35-26-23(29(7,8)9)17-20(33)18-24(26)30(10,11)12/h15-18,32-33H,1-14H3. The zero-order chi connectivity index (χ0) is 27.4. The topological polar surface area (TPSA) is 58.9 Å². The van der Waals surface area contributed by atoms with E-state index in [0.717, 1.165) is 33.8 Å². The van der Waals surface area contributed by atoms with E-state index >= 15 is 0 Å². The highest BCUT2D eigenvalue weighted by atomic mass is 16.7. The van der Waals surface area contributed by atoms with E-state index in [2.05, 4.69) is 83.1 Å². The molecule has 2 rings (SSSR count). The molecule has 0 heterocycles. The fraction of sp³-hybridized carbons (Fsp3) is 0.613. The van der Waals surface area contributed by atoms with Gasteiger partial charge in [-0.15, -0.1) is 0 Å². The van der Waals surface area contributed by atoms with Crippen LogP contribution in [0.4, 0.5) is 0 Å². The predicted octanol–water partition coefficient (Wildman–Crippen LogP) is 8.48. The number of benzene rings is 2. The van der Waals surface area contributed by atoms with E-state index in [9.17, 15) is 10.2 Å². The van der Waals surface area contributed by atoms with Gasteiger partial charge in [0.15, 0.2) is 0 Å². The van der Waals surface area contributed by atoms with Crippen LogP contribution in [0.1, 0.15) is 119 Å². The van der Waals surface area contributed by atoms with Gasteiger partial charge in [-0.25, -0.2) is 0 Å². The minimum absolute atomic E-state index is 0.231. The molecule has 4 nitrogen and oxygen atoms in total. The van der Waals surface area contributed by atoms with Gasteiger partial charge in [-0.2, -0.15) is 0 Å². The van der Waals surface area contributed by atoms with Crippen molar-refractivity contribution < 1.29 is 19.7 Å². The van der Waals surface area contributed by atoms with Gasteiger partial charge in [0.05, 0.1) is 0 Å². The van der Waals surface area contributed by atoms with Crippen LogP contribution in [0, 0.1) is 0 Å². The van der Waals surface area contributed by atoms with Crippen LogP contribution in [0.2, 0.25) is 0 Å². The van der Waals surface area contributed by atoms with E-state index in [-0.39, 0.29) is 33.2 Å². The molecule has 196 valence electrons. The van der Waals surface area contributed by atoms with Crippen LogP contribution in [0.25, 0.3) is 0 Å². The summed E-state index contributed by atoms with van der Waals surface area (Å²) in [5, 5.41) is 21.1. The van der Waals surface area contributed by atoms with Crippen molar-refractivity contribution in [2.24, 2.45) is 0 Å². The van der Waals surface area contributed by atoms with Crippen molar-refractivity contribution in [3.05, 3.63) is 46.5 Å². The summed E-state index contributed by atoms with van der Waals surface area (Å²) in [6.45, 7) is 29.2. The number of phenolic OH excluding ortho intramolecular Hbond substituents is 2. The lowest BCUT2D eigenvalue weighted by Gasteiger charge is -2.37. The van der Waals surface area contributed by atoms with Crippen molar-refractivity contribution in [3.8, 4) is 23.0 Å². The first-order chi connectivity index (χ1) is 15.4. The van der Waals surface area contributed by atoms with Gasteiger partial charge in [0.1, 0.15) is 23.0 Å². The van der Waals surface area contributed by atoms with E-state index in [1.165, 1.54) is 0 Å². The maximum absolute atomic E-state index is 10.5. The Labute approximate surface area is 213 Å². The maximum atomic E-state index is 10.5. The zero-order valence-corrected chi connectivity index (χ0v) is 24.5. The summed E-state index contributed by atoms with van der Waals surface area (Å²) < 4.78 is 13.5. The molecule has 0 atom stereocenters. The number of ether oxygens (including phenoxy) is 2. The van der Waals surface area contributed by atoms with E-state index in [0.29, 0.717) is 0 Å². The quantitative estimate of drug-likeness (QED) is 0.427. The molecule has 2 N–H and O–H groups in total. The molecule has 2 aromatic carbocycles. The smallest absolute Gasteiger partial charge is 0.245 e. The van der Waals surface area contributed by atoms with Crippen molar-refractivity contribution in [1.82, 2.24) is 0 Å². The number of hydrogen-bond donors (Lipinski definition) is 2. The van der Waals surface area contributed by atoms with Crippen LogP contribution in [0.5, 0.6) is 23.0 Å². The van der Waals surface area contributed by atoms with Crippen LogP contribution in [-0.2, 0) is 21.7 Å². The molecule has 2 aromatic rings. The van der Waals surface area contributed by atoms with Crippen LogP contribution in [0.3, 0.4) is 0 Å². The van der Waals surface area contributed by atoms with Crippen LogP contribution >= 0.6 is 0 Å². The molecule has 0 aliphatic rings. The van der Waals surface area contributed by atoms with Gasteiger partial charge in [-0.1, -0.05) is 83.1 Å². The Morgan fingerprint density at radius 3 is 0.800 bits per heavy atom. The Balaban J connectivity index is 2.75. The molecule has 0 unspecified atom stereocenters. The minimum atomic E-state index is -1.03. The molecule has 0 aliphatic carbocycles. The second-order valence-corrected chi connectivity index (χ2v) is 14.3. The summed E-state index contributed by atoms with van der Waals surface area (Å²) in [4.78, 5) is 0. The lowest BCUT2D eigenvalue weighted by atomic mass is 9.79. The molecule has 0 bridgehead atoms. The molecule has 0 fully saturated rings. The van der Waals surface area contributed by atoms with E-state index in [4.69, 9.17) is 9.47 Å². The normalized spacial score (nSPS) is 13.7. The van der Waals surface area contributed by atoms with Gasteiger partial charge in [-0.05, 0) is 45.9 Å². The van der Waals surface area contributed by atoms with Crippen molar-refractivity contribution in [1.29, 1.82) is 0 Å². The SMILES string of the molecule is CC(C)(Oc1c(C(C)(C)C)cc(O)cc1C(C)(C)C)Oc1c(C(C)(C)C)cc(O)cc1C(C)(C)C. The van der Waals surface area contributed by atoms with Gasteiger partial charge in [0.25, 0.3) is 0 Å². The first-order valence-corrected chi connectivity index (χ1v) is 12.6. The monoisotopic (exact) mass is 484 g/mol. The molecule has 0 radical (unpaired) electrons. The van der Waals surface area contributed by atoms with Crippen molar-refractivity contribution in [3.63, 3.8) is 0 Å². The Hall–Kier alpha value is -2.36. The third-order valence-corrected chi connectivity index (χ3v) is 6.08. The van der Waals surface area contributed by atoms with Crippen molar-refractivity contribution in [2.75, 3.05) is 0 Å². The lowest BCUT2D eigenvalue weighted by molar-refractivity contribution is -0.0846. The Morgan fingerprint density at radius 2 is 0.629 bits per heavy atom. The lowest BCUT2D eigenvalue weighted by Crippen LogP contribution is -2.38.